The molecule has 0 fully saturated rings. The fourth-order valence-electron chi connectivity index (χ4n) is 1.89. The predicted molar refractivity (Wildman–Crippen MR) is 83.4 cm³/mol. The Balaban J connectivity index is 2.33. The summed E-state index contributed by atoms with van der Waals surface area (Å²) < 4.78 is 6.37. The molecular formula is C15H12BrNO5. The van der Waals surface area contributed by atoms with E-state index in [0.717, 1.165) is 27.7 Å². The standard InChI is InChI=1S/C15H12BrNO5/c1-9-10(3-2-4-12(9)16)8-22-15-6-14(19)11(7-18)5-13(15)17(20)21/h2-7,19H,8H2,1H3. The molecule has 0 radical (unpaired) electrons. The lowest BCUT2D eigenvalue weighted by Crippen LogP contribution is -2.02. The van der Waals surface area contributed by atoms with Gasteiger partial charge in [-0.15, -0.1) is 0 Å². The minimum Gasteiger partial charge on any atom is -0.507 e. The Labute approximate surface area is 134 Å². The molecular weight excluding hydrogens is 354 g/mol. The monoisotopic (exact) mass is 365 g/mol. The third-order valence-corrected chi connectivity index (χ3v) is 4.05. The zero-order chi connectivity index (χ0) is 16.3. The molecule has 0 bridgehead atoms. The van der Waals surface area contributed by atoms with Crippen molar-refractivity contribution in [1.82, 2.24) is 0 Å². The van der Waals surface area contributed by atoms with Crippen molar-refractivity contribution in [2.24, 2.45) is 0 Å². The number of carbonyl (C=O) groups is 1. The number of carbonyl (C=O) groups excluding carboxylic acids is 1. The molecule has 0 aromatic heterocycles. The first-order valence-electron chi connectivity index (χ1n) is 6.27. The molecule has 2 aromatic carbocycles. The fraction of sp³-hybridized carbons (Fsp3) is 0.133. The van der Waals surface area contributed by atoms with Crippen LogP contribution in [0.2, 0.25) is 0 Å². The van der Waals surface area contributed by atoms with Crippen molar-refractivity contribution in [3.8, 4) is 11.5 Å². The second-order valence-electron chi connectivity index (χ2n) is 4.57. The van der Waals surface area contributed by atoms with Crippen molar-refractivity contribution in [3.63, 3.8) is 0 Å². The van der Waals surface area contributed by atoms with Gasteiger partial charge in [0.2, 0.25) is 5.75 Å². The molecule has 0 amide bonds. The van der Waals surface area contributed by atoms with Crippen LogP contribution in [-0.4, -0.2) is 16.3 Å². The van der Waals surface area contributed by atoms with Crippen LogP contribution in [0.15, 0.2) is 34.8 Å². The van der Waals surface area contributed by atoms with Crippen molar-refractivity contribution >= 4 is 27.9 Å². The van der Waals surface area contributed by atoms with Crippen molar-refractivity contribution in [2.75, 3.05) is 0 Å². The molecule has 0 spiro atoms. The van der Waals surface area contributed by atoms with Crippen LogP contribution in [0.4, 0.5) is 5.69 Å². The average molecular weight is 366 g/mol. The third kappa shape index (κ3) is 3.25. The van der Waals surface area contributed by atoms with E-state index in [1.165, 1.54) is 0 Å². The number of nitro benzene ring substituents is 1. The van der Waals surface area contributed by atoms with E-state index in [-0.39, 0.29) is 29.4 Å². The number of aromatic hydroxyl groups is 1. The van der Waals surface area contributed by atoms with Crippen LogP contribution < -0.4 is 4.74 Å². The molecule has 0 aliphatic heterocycles. The van der Waals surface area contributed by atoms with E-state index in [1.807, 2.05) is 25.1 Å². The van der Waals surface area contributed by atoms with E-state index in [9.17, 15) is 20.0 Å². The predicted octanol–water partition coefficient (Wildman–Crippen LogP) is 3.76. The van der Waals surface area contributed by atoms with E-state index < -0.39 is 4.92 Å². The summed E-state index contributed by atoms with van der Waals surface area (Å²) in [5, 5.41) is 20.7. The Morgan fingerprint density at radius 3 is 2.77 bits per heavy atom. The Hall–Kier alpha value is -2.41. The van der Waals surface area contributed by atoms with Gasteiger partial charge in [-0.25, -0.2) is 0 Å². The highest BCUT2D eigenvalue weighted by atomic mass is 79.9. The number of phenols is 1. The van der Waals surface area contributed by atoms with Crippen LogP contribution in [0.1, 0.15) is 21.5 Å². The maximum absolute atomic E-state index is 11.1. The SMILES string of the molecule is Cc1c(Br)cccc1COc1cc(O)c(C=O)cc1[N+](=O)[O-]. The van der Waals surface area contributed by atoms with Crippen LogP contribution in [0, 0.1) is 17.0 Å². The molecule has 0 atom stereocenters. The number of phenolic OH excluding ortho intramolecular Hbond substituents is 1. The van der Waals surface area contributed by atoms with E-state index >= 15 is 0 Å². The zero-order valence-corrected chi connectivity index (χ0v) is 13.2. The number of hydrogen-bond donors (Lipinski definition) is 1. The minimum absolute atomic E-state index is 0.0903. The molecule has 7 heteroatoms. The van der Waals surface area contributed by atoms with E-state index in [0.29, 0.717) is 6.29 Å². The quantitative estimate of drug-likeness (QED) is 0.494. The first-order valence-corrected chi connectivity index (χ1v) is 7.06. The lowest BCUT2D eigenvalue weighted by molar-refractivity contribution is -0.386. The molecule has 0 aliphatic carbocycles. The van der Waals surface area contributed by atoms with Crippen LogP contribution in [0.3, 0.4) is 0 Å². The first kappa shape index (κ1) is 16.0. The summed E-state index contributed by atoms with van der Waals surface area (Å²) in [6.45, 7) is 2.00. The van der Waals surface area contributed by atoms with Gasteiger partial charge in [-0.1, -0.05) is 28.1 Å². The van der Waals surface area contributed by atoms with Gasteiger partial charge in [0, 0.05) is 16.6 Å². The van der Waals surface area contributed by atoms with Gasteiger partial charge in [0.15, 0.2) is 6.29 Å². The Morgan fingerprint density at radius 1 is 1.41 bits per heavy atom. The molecule has 0 aliphatic rings. The maximum atomic E-state index is 11.1. The van der Waals surface area contributed by atoms with Crippen molar-refractivity contribution in [2.45, 2.75) is 13.5 Å². The number of nitro groups is 1. The Bertz CT molecular complexity index is 745. The number of ether oxygens (including phenoxy) is 1. The summed E-state index contributed by atoms with van der Waals surface area (Å²) in [5.74, 6) is -0.450. The van der Waals surface area contributed by atoms with E-state index in [1.54, 1.807) is 0 Å². The van der Waals surface area contributed by atoms with Crippen LogP contribution in [-0.2, 0) is 6.61 Å². The number of aldehydes is 1. The highest BCUT2D eigenvalue weighted by Crippen LogP contribution is 2.34. The molecule has 0 unspecified atom stereocenters. The van der Waals surface area contributed by atoms with E-state index in [4.69, 9.17) is 4.74 Å². The maximum Gasteiger partial charge on any atom is 0.311 e. The smallest absolute Gasteiger partial charge is 0.311 e. The lowest BCUT2D eigenvalue weighted by Gasteiger charge is -2.11. The highest BCUT2D eigenvalue weighted by Gasteiger charge is 2.19. The second-order valence-corrected chi connectivity index (χ2v) is 5.42. The zero-order valence-electron chi connectivity index (χ0n) is 11.6. The van der Waals surface area contributed by atoms with Gasteiger partial charge in [-0.3, -0.25) is 14.9 Å². The second kappa shape index (κ2) is 6.57. The van der Waals surface area contributed by atoms with Crippen LogP contribution >= 0.6 is 15.9 Å². The fourth-order valence-corrected chi connectivity index (χ4v) is 2.30. The number of rotatable bonds is 5. The number of benzene rings is 2. The summed E-state index contributed by atoms with van der Waals surface area (Å²) in [7, 11) is 0. The summed E-state index contributed by atoms with van der Waals surface area (Å²) in [6.07, 6.45) is 0.352. The molecule has 0 saturated heterocycles. The van der Waals surface area contributed by atoms with Gasteiger partial charge >= 0.3 is 5.69 Å². The molecule has 2 rings (SSSR count). The number of hydrogen-bond acceptors (Lipinski definition) is 5. The highest BCUT2D eigenvalue weighted by molar-refractivity contribution is 9.10. The largest absolute Gasteiger partial charge is 0.507 e. The third-order valence-electron chi connectivity index (χ3n) is 3.19. The molecule has 2 aromatic rings. The topological polar surface area (TPSA) is 89.7 Å². The molecule has 114 valence electrons. The molecule has 1 N–H and O–H groups in total. The minimum atomic E-state index is -0.657. The van der Waals surface area contributed by atoms with E-state index in [2.05, 4.69) is 15.9 Å². The van der Waals surface area contributed by atoms with Crippen molar-refractivity contribution < 1.29 is 19.6 Å². The van der Waals surface area contributed by atoms with Gasteiger partial charge in [-0.2, -0.15) is 0 Å². The van der Waals surface area contributed by atoms with Crippen molar-refractivity contribution in [3.05, 3.63) is 61.6 Å². The van der Waals surface area contributed by atoms with Crippen LogP contribution in [0.25, 0.3) is 0 Å². The summed E-state index contributed by atoms with van der Waals surface area (Å²) >= 11 is 3.40. The van der Waals surface area contributed by atoms with Gasteiger partial charge in [0.05, 0.1) is 10.5 Å². The van der Waals surface area contributed by atoms with Gasteiger partial charge in [0.25, 0.3) is 0 Å². The summed E-state index contributed by atoms with van der Waals surface area (Å²) in [6, 6.07) is 7.62. The molecule has 0 heterocycles. The van der Waals surface area contributed by atoms with Crippen LogP contribution in [0.5, 0.6) is 11.5 Å². The molecule has 6 nitrogen and oxygen atoms in total. The average Bonchev–Trinajstić information content (AvgIpc) is 2.48. The van der Waals surface area contributed by atoms with Gasteiger partial charge < -0.3 is 9.84 Å². The van der Waals surface area contributed by atoms with Gasteiger partial charge in [0.1, 0.15) is 12.4 Å². The normalized spacial score (nSPS) is 10.3. The lowest BCUT2D eigenvalue weighted by atomic mass is 10.1. The summed E-state index contributed by atoms with van der Waals surface area (Å²) in [5.41, 5.74) is 1.28. The van der Waals surface area contributed by atoms with Crippen molar-refractivity contribution in [1.29, 1.82) is 0 Å². The number of nitrogens with zero attached hydrogens (tertiary/aromatic N) is 1. The van der Waals surface area contributed by atoms with Gasteiger partial charge in [-0.05, 0) is 24.1 Å². The summed E-state index contributed by atoms with van der Waals surface area (Å²) in [4.78, 5) is 21.1. The number of halogens is 1. The Morgan fingerprint density at radius 2 is 2.14 bits per heavy atom. The molecule has 22 heavy (non-hydrogen) atoms. The Kier molecular flexibility index (Phi) is 4.77. The molecule has 0 saturated carbocycles. The first-order chi connectivity index (χ1) is 10.4.